The van der Waals surface area contributed by atoms with Gasteiger partial charge in [0.1, 0.15) is 0 Å². The number of benzene rings is 2. The summed E-state index contributed by atoms with van der Waals surface area (Å²) >= 11 is 0. The Morgan fingerprint density at radius 2 is 1.79 bits per heavy atom. The standard InChI is InChI=1S/C23H30N2O3S/c1-16(2)14-18-7-9-19(10-8-18)17(3)24-23(26)21-11-12-22-20(15-21)6-5-13-25(22)29(4,27)28/h7-12,15-17H,5-6,13-14H2,1-4H3,(H,24,26)/t17-/m0/s1. The zero-order valence-electron chi connectivity index (χ0n) is 17.6. The van der Waals surface area contributed by atoms with Gasteiger partial charge in [0.05, 0.1) is 18.0 Å². The molecule has 3 rings (SSSR count). The Hall–Kier alpha value is -2.34. The summed E-state index contributed by atoms with van der Waals surface area (Å²) in [4.78, 5) is 12.8. The number of nitrogens with one attached hydrogen (secondary N) is 1. The second-order valence-corrected chi connectivity index (χ2v) is 10.2. The number of hydrogen-bond donors (Lipinski definition) is 1. The van der Waals surface area contributed by atoms with E-state index in [1.54, 1.807) is 12.1 Å². The van der Waals surface area contributed by atoms with E-state index in [9.17, 15) is 13.2 Å². The Balaban J connectivity index is 1.72. The van der Waals surface area contributed by atoms with Crippen LogP contribution in [0.5, 0.6) is 0 Å². The Kier molecular flexibility index (Phi) is 6.32. The Morgan fingerprint density at radius 3 is 2.41 bits per heavy atom. The van der Waals surface area contributed by atoms with Crippen LogP contribution in [0.1, 0.15) is 60.3 Å². The van der Waals surface area contributed by atoms with Gasteiger partial charge in [-0.3, -0.25) is 9.10 Å². The lowest BCUT2D eigenvalue weighted by molar-refractivity contribution is 0.0940. The maximum Gasteiger partial charge on any atom is 0.251 e. The highest BCUT2D eigenvalue weighted by molar-refractivity contribution is 7.92. The fourth-order valence-corrected chi connectivity index (χ4v) is 4.82. The van der Waals surface area contributed by atoms with Crippen LogP contribution >= 0.6 is 0 Å². The van der Waals surface area contributed by atoms with Crippen molar-refractivity contribution >= 4 is 21.6 Å². The molecule has 1 aliphatic rings. The van der Waals surface area contributed by atoms with E-state index < -0.39 is 10.0 Å². The van der Waals surface area contributed by atoms with E-state index in [-0.39, 0.29) is 11.9 Å². The van der Waals surface area contributed by atoms with Crippen LogP contribution in [0.15, 0.2) is 42.5 Å². The summed E-state index contributed by atoms with van der Waals surface area (Å²) in [7, 11) is -3.31. The molecule has 1 atom stereocenters. The quantitative estimate of drug-likeness (QED) is 0.774. The number of sulfonamides is 1. The fourth-order valence-electron chi connectivity index (χ4n) is 3.83. The van der Waals surface area contributed by atoms with E-state index in [0.717, 1.165) is 30.4 Å². The molecule has 29 heavy (non-hydrogen) atoms. The van der Waals surface area contributed by atoms with E-state index in [4.69, 9.17) is 0 Å². The van der Waals surface area contributed by atoms with Gasteiger partial charge in [-0.25, -0.2) is 8.42 Å². The molecule has 0 aliphatic carbocycles. The molecule has 5 nitrogen and oxygen atoms in total. The number of amides is 1. The van der Waals surface area contributed by atoms with Gasteiger partial charge in [0.2, 0.25) is 10.0 Å². The van der Waals surface area contributed by atoms with Crippen LogP contribution in [0.4, 0.5) is 5.69 Å². The number of carbonyl (C=O) groups excluding carboxylic acids is 1. The minimum atomic E-state index is -3.31. The van der Waals surface area contributed by atoms with Gasteiger partial charge in [-0.05, 0) is 67.0 Å². The second kappa shape index (κ2) is 8.57. The van der Waals surface area contributed by atoms with Crippen LogP contribution in [0.25, 0.3) is 0 Å². The van der Waals surface area contributed by atoms with Crippen molar-refractivity contribution in [1.29, 1.82) is 0 Å². The zero-order chi connectivity index (χ0) is 21.2. The van der Waals surface area contributed by atoms with Crippen molar-refractivity contribution in [1.82, 2.24) is 5.32 Å². The van der Waals surface area contributed by atoms with Crippen molar-refractivity contribution in [3.63, 3.8) is 0 Å². The number of hydrogen-bond acceptors (Lipinski definition) is 3. The maximum absolute atomic E-state index is 12.8. The third-order valence-electron chi connectivity index (χ3n) is 5.29. The van der Waals surface area contributed by atoms with E-state index in [2.05, 4.69) is 43.4 Å². The number of carbonyl (C=O) groups is 1. The van der Waals surface area contributed by atoms with Crippen LogP contribution in [0.3, 0.4) is 0 Å². The average molecular weight is 415 g/mol. The first-order chi connectivity index (χ1) is 13.6. The van der Waals surface area contributed by atoms with Gasteiger partial charge in [0.15, 0.2) is 0 Å². The van der Waals surface area contributed by atoms with Crippen molar-refractivity contribution in [3.05, 3.63) is 64.7 Å². The minimum Gasteiger partial charge on any atom is -0.346 e. The zero-order valence-corrected chi connectivity index (χ0v) is 18.4. The lowest BCUT2D eigenvalue weighted by atomic mass is 9.99. The highest BCUT2D eigenvalue weighted by Crippen LogP contribution is 2.30. The molecule has 0 fully saturated rings. The lowest BCUT2D eigenvalue weighted by Crippen LogP contribution is -2.35. The van der Waals surface area contributed by atoms with Crippen molar-refractivity contribution in [2.45, 2.75) is 46.1 Å². The molecule has 0 unspecified atom stereocenters. The molecule has 2 aromatic carbocycles. The van der Waals surface area contributed by atoms with Gasteiger partial charge in [-0.15, -0.1) is 0 Å². The van der Waals surface area contributed by atoms with E-state index >= 15 is 0 Å². The second-order valence-electron chi connectivity index (χ2n) is 8.32. The first-order valence-electron chi connectivity index (χ1n) is 10.2. The third kappa shape index (κ3) is 5.18. The SMILES string of the molecule is CC(C)Cc1ccc([C@H](C)NC(=O)c2ccc3c(c2)CCCN3S(C)(=O)=O)cc1. The Morgan fingerprint density at radius 1 is 1.10 bits per heavy atom. The third-order valence-corrected chi connectivity index (χ3v) is 6.47. The van der Waals surface area contributed by atoms with Crippen LogP contribution in [0, 0.1) is 5.92 Å². The molecule has 0 bridgehead atoms. The number of nitrogens with zero attached hydrogens (tertiary/aromatic N) is 1. The van der Waals surface area contributed by atoms with Crippen molar-refractivity contribution < 1.29 is 13.2 Å². The predicted octanol–water partition coefficient (Wildman–Crippen LogP) is 4.09. The molecule has 0 aromatic heterocycles. The summed E-state index contributed by atoms with van der Waals surface area (Å²) < 4.78 is 25.4. The highest BCUT2D eigenvalue weighted by atomic mass is 32.2. The summed E-state index contributed by atoms with van der Waals surface area (Å²) in [5.74, 6) is 0.462. The molecule has 2 aromatic rings. The fraction of sp³-hybridized carbons (Fsp3) is 0.435. The summed E-state index contributed by atoms with van der Waals surface area (Å²) in [5, 5.41) is 3.05. The number of rotatable bonds is 6. The molecular weight excluding hydrogens is 384 g/mol. The summed E-state index contributed by atoms with van der Waals surface area (Å²) in [6, 6.07) is 13.5. The van der Waals surface area contributed by atoms with E-state index in [1.165, 1.54) is 16.1 Å². The van der Waals surface area contributed by atoms with E-state index in [1.807, 2.05) is 13.0 Å². The molecule has 0 radical (unpaired) electrons. The van der Waals surface area contributed by atoms with E-state index in [0.29, 0.717) is 23.7 Å². The summed E-state index contributed by atoms with van der Waals surface area (Å²) in [5.41, 5.74) is 4.51. The monoisotopic (exact) mass is 414 g/mol. The first-order valence-corrected chi connectivity index (χ1v) is 12.0. The van der Waals surface area contributed by atoms with Crippen LogP contribution in [-0.4, -0.2) is 27.1 Å². The smallest absolute Gasteiger partial charge is 0.251 e. The molecule has 6 heteroatoms. The largest absolute Gasteiger partial charge is 0.346 e. The Bertz CT molecular complexity index is 982. The Labute approximate surface area is 174 Å². The van der Waals surface area contributed by atoms with Gasteiger partial charge >= 0.3 is 0 Å². The molecule has 1 N–H and O–H groups in total. The summed E-state index contributed by atoms with van der Waals surface area (Å²) in [6.45, 7) is 6.86. The lowest BCUT2D eigenvalue weighted by Gasteiger charge is -2.29. The summed E-state index contributed by atoms with van der Waals surface area (Å²) in [6.07, 6.45) is 3.79. The topological polar surface area (TPSA) is 66.5 Å². The van der Waals surface area contributed by atoms with Gasteiger partial charge in [0.25, 0.3) is 5.91 Å². The molecule has 156 valence electrons. The van der Waals surface area contributed by atoms with Crippen molar-refractivity contribution in [2.24, 2.45) is 5.92 Å². The predicted molar refractivity (Wildman–Crippen MR) is 118 cm³/mol. The van der Waals surface area contributed by atoms with Gasteiger partial charge in [0, 0.05) is 12.1 Å². The molecule has 1 heterocycles. The highest BCUT2D eigenvalue weighted by Gasteiger charge is 2.25. The molecule has 0 spiro atoms. The molecule has 1 aliphatic heterocycles. The number of fused-ring (bicyclic) bond motifs is 1. The molecular formula is C23H30N2O3S. The molecule has 1 amide bonds. The first kappa shape index (κ1) is 21.4. The van der Waals surface area contributed by atoms with Gasteiger partial charge in [-0.1, -0.05) is 38.1 Å². The molecule has 0 saturated heterocycles. The minimum absolute atomic E-state index is 0.112. The average Bonchev–Trinajstić information content (AvgIpc) is 2.66. The maximum atomic E-state index is 12.8. The number of anilines is 1. The van der Waals surface area contributed by atoms with Crippen LogP contribution in [-0.2, 0) is 22.9 Å². The number of aryl methyl sites for hydroxylation is 1. The van der Waals surface area contributed by atoms with Crippen molar-refractivity contribution in [3.8, 4) is 0 Å². The normalized spacial score (nSPS) is 15.1. The van der Waals surface area contributed by atoms with Crippen LogP contribution < -0.4 is 9.62 Å². The van der Waals surface area contributed by atoms with Gasteiger partial charge < -0.3 is 5.32 Å². The molecule has 0 saturated carbocycles. The van der Waals surface area contributed by atoms with Gasteiger partial charge in [-0.2, -0.15) is 0 Å². The van der Waals surface area contributed by atoms with Crippen LogP contribution in [0.2, 0.25) is 0 Å². The van der Waals surface area contributed by atoms with Crippen molar-refractivity contribution in [2.75, 3.05) is 17.1 Å².